The Kier molecular flexibility index (Phi) is 4.16. The molecule has 0 saturated heterocycles. The number of nitrogens with zero attached hydrogens (tertiary/aromatic N) is 1. The van der Waals surface area contributed by atoms with Crippen LogP contribution < -0.4 is 0 Å². The number of pyridine rings is 1. The first kappa shape index (κ1) is 12.6. The molecule has 2 rings (SSSR count). The van der Waals surface area contributed by atoms with Gasteiger partial charge < -0.3 is 0 Å². The molecule has 1 aliphatic carbocycles. The molecule has 1 aromatic rings. The van der Waals surface area contributed by atoms with Crippen LogP contribution in [-0.2, 0) is 0 Å². The Balaban J connectivity index is 2.15. The van der Waals surface area contributed by atoms with Gasteiger partial charge in [0, 0.05) is 12.1 Å². The van der Waals surface area contributed by atoms with Gasteiger partial charge in [0.15, 0.2) is 5.78 Å². The van der Waals surface area contributed by atoms with Crippen LogP contribution in [0.4, 0.5) is 0 Å². The molecule has 0 N–H and O–H groups in total. The van der Waals surface area contributed by atoms with Gasteiger partial charge in [0.25, 0.3) is 0 Å². The van der Waals surface area contributed by atoms with Gasteiger partial charge in [0.1, 0.15) is 5.69 Å². The Bertz CT molecular complexity index is 388. The molecule has 17 heavy (non-hydrogen) atoms. The van der Waals surface area contributed by atoms with Crippen LogP contribution in [0.1, 0.15) is 49.5 Å². The van der Waals surface area contributed by atoms with Crippen molar-refractivity contribution in [1.82, 2.24) is 4.98 Å². The first-order valence-electron chi connectivity index (χ1n) is 6.38. The molecule has 2 atom stereocenters. The summed E-state index contributed by atoms with van der Waals surface area (Å²) < 4.78 is 0. The number of carbonyl (C=O) groups excluding carboxylic acids is 1. The molecule has 1 fully saturated rings. The summed E-state index contributed by atoms with van der Waals surface area (Å²) in [4.78, 5) is 16.5. The van der Waals surface area contributed by atoms with E-state index in [0.717, 1.165) is 12.8 Å². The van der Waals surface area contributed by atoms with Gasteiger partial charge in [-0.2, -0.15) is 0 Å². The van der Waals surface area contributed by atoms with E-state index in [1.165, 1.54) is 19.3 Å². The zero-order valence-electron chi connectivity index (χ0n) is 10.2. The molecule has 0 aromatic carbocycles. The lowest BCUT2D eigenvalue weighted by atomic mass is 9.75. The lowest BCUT2D eigenvalue weighted by Crippen LogP contribution is -2.27. The lowest BCUT2D eigenvalue weighted by Gasteiger charge is -2.29. The predicted molar refractivity (Wildman–Crippen MR) is 69.3 cm³/mol. The lowest BCUT2D eigenvalue weighted by molar-refractivity contribution is 0.0815. The van der Waals surface area contributed by atoms with Crippen LogP contribution in [0, 0.1) is 11.8 Å². The summed E-state index contributed by atoms with van der Waals surface area (Å²) in [5.41, 5.74) is 0.569. The van der Waals surface area contributed by atoms with Gasteiger partial charge in [-0.25, -0.2) is 0 Å². The molecule has 0 bridgehead atoms. The average Bonchev–Trinajstić information content (AvgIpc) is 2.39. The third-order valence-electron chi connectivity index (χ3n) is 3.75. The molecule has 0 radical (unpaired) electrons. The Labute approximate surface area is 107 Å². The standard InChI is InChI=1S/C14H18ClNO/c1-2-10-5-3-4-6-12(10)14(17)13-8-7-11(15)9-16-13/h7-10,12H,2-6H2,1H3. The van der Waals surface area contributed by atoms with Crippen LogP contribution in [-0.4, -0.2) is 10.8 Å². The molecular formula is C14H18ClNO. The first-order valence-corrected chi connectivity index (χ1v) is 6.76. The van der Waals surface area contributed by atoms with Crippen molar-refractivity contribution < 1.29 is 4.79 Å². The van der Waals surface area contributed by atoms with E-state index >= 15 is 0 Å². The molecule has 2 nitrogen and oxygen atoms in total. The second-order valence-corrected chi connectivity index (χ2v) is 5.22. The van der Waals surface area contributed by atoms with Crippen molar-refractivity contribution in [1.29, 1.82) is 0 Å². The SMILES string of the molecule is CCC1CCCCC1C(=O)c1ccc(Cl)cn1. The van der Waals surface area contributed by atoms with E-state index in [0.29, 0.717) is 16.6 Å². The molecule has 2 unspecified atom stereocenters. The number of aromatic nitrogens is 1. The maximum absolute atomic E-state index is 12.4. The summed E-state index contributed by atoms with van der Waals surface area (Å²) in [5.74, 6) is 0.907. The first-order chi connectivity index (χ1) is 8.22. The van der Waals surface area contributed by atoms with Gasteiger partial charge in [-0.3, -0.25) is 9.78 Å². The van der Waals surface area contributed by atoms with Crippen molar-refractivity contribution in [3.8, 4) is 0 Å². The van der Waals surface area contributed by atoms with Gasteiger partial charge in [-0.05, 0) is 30.9 Å². The monoisotopic (exact) mass is 251 g/mol. The number of halogens is 1. The Morgan fingerprint density at radius 1 is 1.41 bits per heavy atom. The van der Waals surface area contributed by atoms with Crippen molar-refractivity contribution in [2.45, 2.75) is 39.0 Å². The molecular weight excluding hydrogens is 234 g/mol. The fourth-order valence-corrected chi connectivity index (χ4v) is 2.86. The summed E-state index contributed by atoms with van der Waals surface area (Å²) in [7, 11) is 0. The smallest absolute Gasteiger partial charge is 0.184 e. The zero-order valence-corrected chi connectivity index (χ0v) is 10.9. The Morgan fingerprint density at radius 2 is 2.18 bits per heavy atom. The highest BCUT2D eigenvalue weighted by Gasteiger charge is 2.30. The van der Waals surface area contributed by atoms with Crippen LogP contribution in [0.3, 0.4) is 0 Å². The van der Waals surface area contributed by atoms with E-state index < -0.39 is 0 Å². The van der Waals surface area contributed by atoms with E-state index in [4.69, 9.17) is 11.6 Å². The maximum Gasteiger partial charge on any atom is 0.184 e. The number of Topliss-reactive ketones (excluding diaryl/α,β-unsaturated/α-hetero) is 1. The van der Waals surface area contributed by atoms with Crippen LogP contribution in [0.25, 0.3) is 0 Å². The summed E-state index contributed by atoms with van der Waals surface area (Å²) in [6.45, 7) is 2.17. The minimum absolute atomic E-state index is 0.169. The third kappa shape index (κ3) is 2.86. The highest BCUT2D eigenvalue weighted by atomic mass is 35.5. The van der Waals surface area contributed by atoms with Gasteiger partial charge in [-0.1, -0.05) is 37.8 Å². The normalized spacial score (nSPS) is 24.6. The van der Waals surface area contributed by atoms with Gasteiger partial charge in [0.2, 0.25) is 0 Å². The van der Waals surface area contributed by atoms with Gasteiger partial charge in [0.05, 0.1) is 5.02 Å². The van der Waals surface area contributed by atoms with E-state index in [-0.39, 0.29) is 11.7 Å². The number of hydrogen-bond acceptors (Lipinski definition) is 2. The van der Waals surface area contributed by atoms with E-state index in [1.807, 2.05) is 0 Å². The predicted octanol–water partition coefficient (Wildman–Crippen LogP) is 4.13. The maximum atomic E-state index is 12.4. The molecule has 1 aromatic heterocycles. The number of carbonyl (C=O) groups is 1. The minimum Gasteiger partial charge on any atom is -0.292 e. The summed E-state index contributed by atoms with van der Waals surface area (Å²) in [6.07, 6.45) is 7.27. The average molecular weight is 252 g/mol. The van der Waals surface area contributed by atoms with Crippen LogP contribution in [0.2, 0.25) is 5.02 Å². The molecule has 0 amide bonds. The van der Waals surface area contributed by atoms with Crippen LogP contribution in [0.15, 0.2) is 18.3 Å². The number of rotatable bonds is 3. The molecule has 3 heteroatoms. The van der Waals surface area contributed by atoms with E-state index in [9.17, 15) is 4.79 Å². The van der Waals surface area contributed by atoms with Crippen molar-refractivity contribution in [2.24, 2.45) is 11.8 Å². The second-order valence-electron chi connectivity index (χ2n) is 4.79. The van der Waals surface area contributed by atoms with Crippen molar-refractivity contribution >= 4 is 17.4 Å². The minimum atomic E-state index is 0.169. The third-order valence-corrected chi connectivity index (χ3v) is 3.97. The molecule has 0 spiro atoms. The van der Waals surface area contributed by atoms with Gasteiger partial charge >= 0.3 is 0 Å². The second kappa shape index (κ2) is 5.63. The van der Waals surface area contributed by atoms with Crippen molar-refractivity contribution in [3.63, 3.8) is 0 Å². The highest BCUT2D eigenvalue weighted by Crippen LogP contribution is 2.34. The number of ketones is 1. The van der Waals surface area contributed by atoms with Gasteiger partial charge in [-0.15, -0.1) is 0 Å². The summed E-state index contributed by atoms with van der Waals surface area (Å²) in [5, 5.41) is 0.581. The molecule has 1 saturated carbocycles. The van der Waals surface area contributed by atoms with Crippen molar-refractivity contribution in [3.05, 3.63) is 29.0 Å². The number of hydrogen-bond donors (Lipinski definition) is 0. The van der Waals surface area contributed by atoms with E-state index in [2.05, 4.69) is 11.9 Å². The van der Waals surface area contributed by atoms with Crippen LogP contribution in [0.5, 0.6) is 0 Å². The fraction of sp³-hybridized carbons (Fsp3) is 0.571. The molecule has 0 aliphatic heterocycles. The highest BCUT2D eigenvalue weighted by molar-refractivity contribution is 6.30. The summed E-state index contributed by atoms with van der Waals surface area (Å²) in [6, 6.07) is 3.48. The molecule has 1 aliphatic rings. The van der Waals surface area contributed by atoms with Crippen molar-refractivity contribution in [2.75, 3.05) is 0 Å². The topological polar surface area (TPSA) is 30.0 Å². The Morgan fingerprint density at radius 3 is 2.82 bits per heavy atom. The molecule has 1 heterocycles. The zero-order chi connectivity index (χ0) is 12.3. The summed E-state index contributed by atoms with van der Waals surface area (Å²) >= 11 is 5.78. The Hall–Kier alpha value is -0.890. The molecule has 92 valence electrons. The largest absolute Gasteiger partial charge is 0.292 e. The van der Waals surface area contributed by atoms with Crippen LogP contribution >= 0.6 is 11.6 Å². The van der Waals surface area contributed by atoms with E-state index in [1.54, 1.807) is 18.3 Å². The fourth-order valence-electron chi connectivity index (χ4n) is 2.75. The quantitative estimate of drug-likeness (QED) is 0.756.